The Morgan fingerprint density at radius 2 is 1.21 bits per heavy atom. The summed E-state index contributed by atoms with van der Waals surface area (Å²) < 4.78 is 1.44. The Morgan fingerprint density at radius 3 is 1.62 bits per heavy atom. The van der Waals surface area contributed by atoms with Gasteiger partial charge in [0, 0.05) is 5.97 Å². The van der Waals surface area contributed by atoms with Gasteiger partial charge in [-0.2, -0.15) is 0 Å². The average molecular weight is 342 g/mol. The highest BCUT2D eigenvalue weighted by Crippen LogP contribution is 2.20. The molecule has 1 aliphatic heterocycles. The van der Waals surface area contributed by atoms with Gasteiger partial charge in [-0.25, -0.2) is 0 Å². The highest BCUT2D eigenvalue weighted by atomic mass is 16.4. The minimum atomic E-state index is -1.08. The van der Waals surface area contributed by atoms with Gasteiger partial charge in [-0.05, 0) is 46.0 Å². The number of nitrogens with zero attached hydrogens (tertiary/aromatic N) is 1. The zero-order valence-corrected chi connectivity index (χ0v) is 16.8. The number of likely N-dealkylation sites (tertiary alicyclic amines) is 1. The maximum atomic E-state index is 8.89. The van der Waals surface area contributed by atoms with E-state index in [0.717, 1.165) is 6.92 Å². The Kier molecular flexibility index (Phi) is 15.6. The summed E-state index contributed by atoms with van der Waals surface area (Å²) in [5.41, 5.74) is 0. The van der Waals surface area contributed by atoms with E-state index in [2.05, 4.69) is 13.8 Å². The number of unbranched alkanes of at least 4 members (excludes halogenated alkanes) is 9. The molecular weight excluding hydrogens is 298 g/mol. The van der Waals surface area contributed by atoms with E-state index in [1.165, 1.54) is 114 Å². The second-order valence-electron chi connectivity index (χ2n) is 7.56. The van der Waals surface area contributed by atoms with E-state index in [0.29, 0.717) is 0 Å². The van der Waals surface area contributed by atoms with Crippen molar-refractivity contribution in [3.05, 3.63) is 0 Å². The molecule has 0 aromatic rings. The maximum absolute atomic E-state index is 8.89. The highest BCUT2D eigenvalue weighted by molar-refractivity contribution is 5.60. The molecule has 1 rings (SSSR count). The lowest BCUT2D eigenvalue weighted by Gasteiger charge is -2.41. The van der Waals surface area contributed by atoms with Gasteiger partial charge in [-0.3, -0.25) is 0 Å². The van der Waals surface area contributed by atoms with E-state index in [9.17, 15) is 0 Å². The highest BCUT2D eigenvalue weighted by Gasteiger charge is 2.26. The molecule has 0 radical (unpaired) electrons. The molecule has 24 heavy (non-hydrogen) atoms. The second kappa shape index (κ2) is 15.9. The summed E-state index contributed by atoms with van der Waals surface area (Å²) in [7, 11) is 0. The average Bonchev–Trinajstić information content (AvgIpc) is 2.57. The van der Waals surface area contributed by atoms with Crippen molar-refractivity contribution in [2.45, 2.75) is 104 Å². The van der Waals surface area contributed by atoms with E-state index in [1.54, 1.807) is 0 Å². The van der Waals surface area contributed by atoms with Crippen LogP contribution in [0.4, 0.5) is 0 Å². The van der Waals surface area contributed by atoms with Crippen molar-refractivity contribution < 1.29 is 14.4 Å². The number of carboxylic acid groups (broad SMARTS) is 1. The maximum Gasteiger partial charge on any atom is 0.0786 e. The van der Waals surface area contributed by atoms with Crippen LogP contribution in [-0.4, -0.2) is 36.6 Å². The minimum absolute atomic E-state index is 0.972. The molecule has 3 nitrogen and oxygen atoms in total. The van der Waals surface area contributed by atoms with Gasteiger partial charge in [-0.15, -0.1) is 0 Å². The Bertz CT molecular complexity index is 282. The number of quaternary nitrogens is 1. The third-order valence-corrected chi connectivity index (χ3v) is 5.42. The van der Waals surface area contributed by atoms with Gasteiger partial charge in [-0.1, -0.05) is 58.3 Å². The van der Waals surface area contributed by atoms with E-state index >= 15 is 0 Å². The summed E-state index contributed by atoms with van der Waals surface area (Å²) in [5.74, 6) is -1.08. The molecular formula is C21H43NO2. The van der Waals surface area contributed by atoms with Crippen LogP contribution in [0.5, 0.6) is 0 Å². The van der Waals surface area contributed by atoms with Crippen molar-refractivity contribution in [1.82, 2.24) is 0 Å². The van der Waals surface area contributed by atoms with Crippen LogP contribution in [0.2, 0.25) is 0 Å². The van der Waals surface area contributed by atoms with Crippen LogP contribution < -0.4 is 5.11 Å². The molecule has 0 atom stereocenters. The number of hydrogen-bond acceptors (Lipinski definition) is 2. The van der Waals surface area contributed by atoms with Crippen LogP contribution in [0.3, 0.4) is 0 Å². The lowest BCUT2D eigenvalue weighted by atomic mass is 10.0. The number of piperidine rings is 1. The van der Waals surface area contributed by atoms with Crippen molar-refractivity contribution >= 4 is 5.97 Å². The fraction of sp³-hybridized carbons (Fsp3) is 0.952. The number of hydrogen-bond donors (Lipinski definition) is 0. The zero-order chi connectivity index (χ0) is 18.1. The third-order valence-electron chi connectivity index (χ3n) is 5.42. The standard InChI is InChI=1S/C19H40N.C2H4O2/c1-3-5-6-7-8-9-10-11-12-14-17-20(4-2)18-15-13-16-19-20;1-2(3)4/h3-19H2,1-2H3;1H3,(H,3,4)/q+1;/p-1. The van der Waals surface area contributed by atoms with Gasteiger partial charge in [0.25, 0.3) is 0 Å². The summed E-state index contributed by atoms with van der Waals surface area (Å²) in [6, 6.07) is 0. The van der Waals surface area contributed by atoms with Crippen molar-refractivity contribution in [2.24, 2.45) is 0 Å². The van der Waals surface area contributed by atoms with Gasteiger partial charge in [0.2, 0.25) is 0 Å². The summed E-state index contributed by atoms with van der Waals surface area (Å²) >= 11 is 0. The summed E-state index contributed by atoms with van der Waals surface area (Å²) in [6.07, 6.45) is 19.1. The van der Waals surface area contributed by atoms with E-state index in [1.807, 2.05) is 0 Å². The van der Waals surface area contributed by atoms with Crippen molar-refractivity contribution in [3.63, 3.8) is 0 Å². The summed E-state index contributed by atoms with van der Waals surface area (Å²) in [6.45, 7) is 11.4. The fourth-order valence-electron chi connectivity index (χ4n) is 3.82. The van der Waals surface area contributed by atoms with Crippen LogP contribution in [0.15, 0.2) is 0 Å². The van der Waals surface area contributed by atoms with Gasteiger partial charge < -0.3 is 14.4 Å². The predicted octanol–water partition coefficient (Wildman–Crippen LogP) is 4.68. The van der Waals surface area contributed by atoms with E-state index < -0.39 is 5.97 Å². The van der Waals surface area contributed by atoms with E-state index in [-0.39, 0.29) is 0 Å². The second-order valence-corrected chi connectivity index (χ2v) is 7.56. The largest absolute Gasteiger partial charge is 0.550 e. The molecule has 1 aliphatic rings. The molecule has 0 aromatic carbocycles. The Labute approximate surface area is 151 Å². The number of rotatable bonds is 12. The third kappa shape index (κ3) is 13.8. The molecule has 3 heteroatoms. The Balaban J connectivity index is 0.00000118. The summed E-state index contributed by atoms with van der Waals surface area (Å²) in [4.78, 5) is 8.89. The van der Waals surface area contributed by atoms with Crippen LogP contribution >= 0.6 is 0 Å². The fourth-order valence-corrected chi connectivity index (χ4v) is 3.82. The zero-order valence-electron chi connectivity index (χ0n) is 16.8. The van der Waals surface area contributed by atoms with Gasteiger partial charge in [0.05, 0.1) is 26.2 Å². The van der Waals surface area contributed by atoms with Crippen LogP contribution in [-0.2, 0) is 4.79 Å². The molecule has 1 fully saturated rings. The van der Waals surface area contributed by atoms with Crippen LogP contribution in [0.25, 0.3) is 0 Å². The number of carbonyl (C=O) groups is 1. The topological polar surface area (TPSA) is 40.1 Å². The van der Waals surface area contributed by atoms with Crippen LogP contribution in [0, 0.1) is 0 Å². The molecule has 0 aliphatic carbocycles. The summed E-state index contributed by atoms with van der Waals surface area (Å²) in [5, 5.41) is 8.89. The first kappa shape index (κ1) is 23.4. The lowest BCUT2D eigenvalue weighted by Crippen LogP contribution is -2.51. The molecule has 0 amide bonds. The molecule has 0 spiro atoms. The first-order valence-corrected chi connectivity index (χ1v) is 10.6. The molecule has 0 saturated carbocycles. The molecule has 0 unspecified atom stereocenters. The SMILES string of the molecule is CC(=O)[O-].CCCCCCCCCCCC[N+]1(CC)CCCCC1. The van der Waals surface area contributed by atoms with Crippen molar-refractivity contribution in [3.8, 4) is 0 Å². The Morgan fingerprint density at radius 1 is 0.792 bits per heavy atom. The van der Waals surface area contributed by atoms with Crippen molar-refractivity contribution in [2.75, 3.05) is 26.2 Å². The lowest BCUT2D eigenvalue weighted by molar-refractivity contribution is -0.931. The Hall–Kier alpha value is -0.570. The van der Waals surface area contributed by atoms with Gasteiger partial charge in [0.15, 0.2) is 0 Å². The number of carbonyl (C=O) groups excluding carboxylic acids is 1. The van der Waals surface area contributed by atoms with Crippen molar-refractivity contribution in [1.29, 1.82) is 0 Å². The first-order valence-electron chi connectivity index (χ1n) is 10.6. The normalized spacial score (nSPS) is 16.3. The minimum Gasteiger partial charge on any atom is -0.550 e. The van der Waals surface area contributed by atoms with Gasteiger partial charge >= 0.3 is 0 Å². The smallest absolute Gasteiger partial charge is 0.0786 e. The number of aliphatic carboxylic acids is 1. The quantitative estimate of drug-likeness (QED) is 0.382. The molecule has 0 N–H and O–H groups in total. The molecule has 144 valence electrons. The van der Waals surface area contributed by atoms with E-state index in [4.69, 9.17) is 9.90 Å². The van der Waals surface area contributed by atoms with Crippen LogP contribution in [0.1, 0.15) is 104 Å². The number of carboxylic acids is 1. The molecule has 0 bridgehead atoms. The first-order chi connectivity index (χ1) is 11.6. The monoisotopic (exact) mass is 341 g/mol. The predicted molar refractivity (Wildman–Crippen MR) is 102 cm³/mol. The van der Waals surface area contributed by atoms with Gasteiger partial charge in [0.1, 0.15) is 0 Å². The molecule has 1 saturated heterocycles. The molecule has 0 aromatic heterocycles. The molecule has 1 heterocycles.